The summed E-state index contributed by atoms with van der Waals surface area (Å²) < 4.78 is 0. The van der Waals surface area contributed by atoms with Gasteiger partial charge in [0.1, 0.15) is 4.88 Å². The maximum Gasteiger partial charge on any atom is 0.347 e. The molecule has 2 heterocycles. The molecule has 1 N–H and O–H groups in total. The van der Waals surface area contributed by atoms with E-state index >= 15 is 0 Å². The van der Waals surface area contributed by atoms with Crippen LogP contribution in [0, 0.1) is 0 Å². The van der Waals surface area contributed by atoms with Crippen LogP contribution in [0.25, 0.3) is 0 Å². The minimum atomic E-state index is -0.829. The van der Waals surface area contributed by atoms with Gasteiger partial charge in [0.05, 0.1) is 10.7 Å². The van der Waals surface area contributed by atoms with E-state index in [1.807, 2.05) is 0 Å². The Hall–Kier alpha value is -0.980. The normalized spacial score (nSPS) is 17.2. The molecular weight excluding hydrogens is 286 g/mol. The van der Waals surface area contributed by atoms with Gasteiger partial charge in [-0.1, -0.05) is 13.3 Å². The molecule has 2 rings (SSSR count). The average molecular weight is 311 g/mol. The molecule has 0 aliphatic carbocycles. The van der Waals surface area contributed by atoms with Gasteiger partial charge < -0.3 is 14.9 Å². The summed E-state index contributed by atoms with van der Waals surface area (Å²) in [6, 6.07) is 0. The number of hydrogen-bond donors (Lipinski definition) is 1. The van der Waals surface area contributed by atoms with E-state index in [9.17, 15) is 9.90 Å². The molecule has 0 saturated carbocycles. The lowest BCUT2D eigenvalue weighted by Gasteiger charge is -2.32. The van der Waals surface area contributed by atoms with Gasteiger partial charge in [-0.15, -0.1) is 11.3 Å². The minimum absolute atomic E-state index is 0.442. The highest BCUT2D eigenvalue weighted by Gasteiger charge is 2.18. The van der Waals surface area contributed by atoms with Crippen LogP contribution in [0.5, 0.6) is 0 Å². The lowest BCUT2D eigenvalue weighted by atomic mass is 10.2. The molecule has 0 amide bonds. The Bertz CT molecular complexity index is 467. The maximum atomic E-state index is 11.3. The van der Waals surface area contributed by atoms with Crippen LogP contribution in [-0.2, 0) is 12.8 Å². The van der Waals surface area contributed by atoms with Gasteiger partial charge in [0.15, 0.2) is 0 Å². The number of hydrogen-bond acceptors (Lipinski definition) is 5. The number of carboxylic acids is 1. The van der Waals surface area contributed by atoms with Crippen LogP contribution >= 0.6 is 11.3 Å². The molecule has 1 saturated heterocycles. The molecule has 0 bridgehead atoms. The van der Waals surface area contributed by atoms with E-state index in [0.29, 0.717) is 4.88 Å². The van der Waals surface area contributed by atoms with E-state index in [4.69, 9.17) is 0 Å². The number of aromatic nitrogens is 1. The van der Waals surface area contributed by atoms with Crippen molar-refractivity contribution in [1.82, 2.24) is 14.8 Å². The van der Waals surface area contributed by atoms with Gasteiger partial charge in [-0.25, -0.2) is 9.78 Å². The van der Waals surface area contributed by atoms with E-state index in [-0.39, 0.29) is 0 Å². The molecule has 0 unspecified atom stereocenters. The van der Waals surface area contributed by atoms with Crippen molar-refractivity contribution in [3.8, 4) is 0 Å². The van der Waals surface area contributed by atoms with Crippen LogP contribution in [0.4, 0.5) is 0 Å². The first kappa shape index (κ1) is 16.4. The second kappa shape index (κ2) is 7.87. The highest BCUT2D eigenvalue weighted by molar-refractivity contribution is 7.13. The molecule has 1 aromatic rings. The molecule has 5 nitrogen and oxygen atoms in total. The summed E-state index contributed by atoms with van der Waals surface area (Å²) in [5.41, 5.74) is 0.780. The zero-order valence-electron chi connectivity index (χ0n) is 13.0. The predicted octanol–water partition coefficient (Wildman–Crippen LogP) is 1.97. The van der Waals surface area contributed by atoms with Crippen molar-refractivity contribution < 1.29 is 9.90 Å². The third-order valence-corrected chi connectivity index (χ3v) is 5.09. The Morgan fingerprint density at radius 1 is 1.29 bits per heavy atom. The van der Waals surface area contributed by atoms with Crippen molar-refractivity contribution in [2.75, 3.05) is 39.8 Å². The second-order valence-electron chi connectivity index (χ2n) is 5.69. The minimum Gasteiger partial charge on any atom is -0.477 e. The number of unbranched alkanes of at least 4 members (excludes halogenated alkanes) is 1. The van der Waals surface area contributed by atoms with Gasteiger partial charge >= 0.3 is 5.97 Å². The Morgan fingerprint density at radius 2 is 2.00 bits per heavy atom. The molecule has 0 aromatic carbocycles. The SMILES string of the molecule is CCCCc1nc(CCN2CCN(C)CC2)sc1C(=O)O. The van der Waals surface area contributed by atoms with Crippen molar-refractivity contribution >= 4 is 17.3 Å². The largest absolute Gasteiger partial charge is 0.477 e. The molecule has 0 radical (unpaired) electrons. The fourth-order valence-electron chi connectivity index (χ4n) is 2.51. The maximum absolute atomic E-state index is 11.3. The van der Waals surface area contributed by atoms with Crippen molar-refractivity contribution in [1.29, 1.82) is 0 Å². The number of aromatic carboxylic acids is 1. The number of nitrogens with zero attached hydrogens (tertiary/aromatic N) is 3. The summed E-state index contributed by atoms with van der Waals surface area (Å²) in [6.45, 7) is 7.50. The third kappa shape index (κ3) is 4.76. The summed E-state index contributed by atoms with van der Waals surface area (Å²) >= 11 is 1.36. The Balaban J connectivity index is 1.92. The first-order valence-electron chi connectivity index (χ1n) is 7.73. The van der Waals surface area contributed by atoms with Crippen molar-refractivity contribution in [3.05, 3.63) is 15.6 Å². The van der Waals surface area contributed by atoms with Gasteiger partial charge in [0.25, 0.3) is 0 Å². The molecular formula is C15H25N3O2S. The topological polar surface area (TPSA) is 56.7 Å². The number of rotatable bonds is 7. The van der Waals surface area contributed by atoms with Gasteiger partial charge in [-0.3, -0.25) is 0 Å². The third-order valence-electron chi connectivity index (χ3n) is 3.94. The zero-order valence-corrected chi connectivity index (χ0v) is 13.8. The van der Waals surface area contributed by atoms with Crippen LogP contribution < -0.4 is 0 Å². The summed E-state index contributed by atoms with van der Waals surface area (Å²) in [5.74, 6) is -0.829. The van der Waals surface area contributed by atoms with E-state index in [2.05, 4.69) is 28.8 Å². The van der Waals surface area contributed by atoms with E-state index in [1.165, 1.54) is 11.3 Å². The van der Waals surface area contributed by atoms with Gasteiger partial charge in [0, 0.05) is 39.1 Å². The summed E-state index contributed by atoms with van der Waals surface area (Å²) in [6.07, 6.45) is 3.71. The zero-order chi connectivity index (χ0) is 15.2. The Morgan fingerprint density at radius 3 is 2.62 bits per heavy atom. The summed E-state index contributed by atoms with van der Waals surface area (Å²) in [4.78, 5) is 21.1. The molecule has 1 aliphatic rings. The molecule has 1 aliphatic heterocycles. The first-order valence-corrected chi connectivity index (χ1v) is 8.54. The lowest BCUT2D eigenvalue weighted by molar-refractivity contribution is 0.0700. The number of carbonyl (C=O) groups is 1. The number of aryl methyl sites for hydroxylation is 1. The van der Waals surface area contributed by atoms with Crippen LogP contribution in [0.15, 0.2) is 0 Å². The lowest BCUT2D eigenvalue weighted by Crippen LogP contribution is -2.45. The summed E-state index contributed by atoms with van der Waals surface area (Å²) in [7, 11) is 2.15. The van der Waals surface area contributed by atoms with E-state index in [0.717, 1.165) is 69.1 Å². The number of likely N-dealkylation sites (N-methyl/N-ethyl adjacent to an activating group) is 1. The van der Waals surface area contributed by atoms with Crippen LogP contribution in [0.2, 0.25) is 0 Å². The average Bonchev–Trinajstić information content (AvgIpc) is 2.88. The molecule has 6 heteroatoms. The molecule has 118 valence electrons. The number of piperazine rings is 1. The van der Waals surface area contributed by atoms with E-state index in [1.54, 1.807) is 0 Å². The van der Waals surface area contributed by atoms with Gasteiger partial charge in [0.2, 0.25) is 0 Å². The first-order chi connectivity index (χ1) is 10.1. The van der Waals surface area contributed by atoms with Crippen molar-refractivity contribution in [2.24, 2.45) is 0 Å². The molecule has 1 aromatic heterocycles. The van der Waals surface area contributed by atoms with Gasteiger partial charge in [-0.05, 0) is 19.9 Å². The standard InChI is InChI=1S/C15H25N3O2S/c1-3-4-5-12-14(15(19)20)21-13(16-12)6-7-18-10-8-17(2)9-11-18/h3-11H2,1-2H3,(H,19,20). The quantitative estimate of drug-likeness (QED) is 0.834. The Labute approximate surface area is 130 Å². The summed E-state index contributed by atoms with van der Waals surface area (Å²) in [5, 5.41) is 10.2. The molecule has 1 fully saturated rings. The van der Waals surface area contributed by atoms with Crippen LogP contribution in [-0.4, -0.2) is 65.6 Å². The Kier molecular flexibility index (Phi) is 6.14. The highest BCUT2D eigenvalue weighted by atomic mass is 32.1. The smallest absolute Gasteiger partial charge is 0.347 e. The number of thiazole rings is 1. The molecule has 21 heavy (non-hydrogen) atoms. The highest BCUT2D eigenvalue weighted by Crippen LogP contribution is 2.21. The molecule has 0 spiro atoms. The fourth-order valence-corrected chi connectivity index (χ4v) is 3.45. The fraction of sp³-hybridized carbons (Fsp3) is 0.733. The monoisotopic (exact) mass is 311 g/mol. The second-order valence-corrected chi connectivity index (χ2v) is 6.77. The van der Waals surface area contributed by atoms with Gasteiger partial charge in [-0.2, -0.15) is 0 Å². The van der Waals surface area contributed by atoms with Crippen LogP contribution in [0.3, 0.4) is 0 Å². The van der Waals surface area contributed by atoms with Crippen LogP contribution in [0.1, 0.15) is 40.1 Å². The number of carboxylic acid groups (broad SMARTS) is 1. The molecule has 0 atom stereocenters. The predicted molar refractivity (Wildman–Crippen MR) is 85.3 cm³/mol. The van der Waals surface area contributed by atoms with Crippen molar-refractivity contribution in [2.45, 2.75) is 32.6 Å². The van der Waals surface area contributed by atoms with E-state index < -0.39 is 5.97 Å². The van der Waals surface area contributed by atoms with Crippen molar-refractivity contribution in [3.63, 3.8) is 0 Å².